The summed E-state index contributed by atoms with van der Waals surface area (Å²) < 4.78 is 1.38. The molecule has 1 heterocycles. The van der Waals surface area contributed by atoms with Crippen molar-refractivity contribution in [3.8, 4) is 0 Å². The zero-order valence-electron chi connectivity index (χ0n) is 9.29. The van der Waals surface area contributed by atoms with Crippen LogP contribution in [0.4, 0.5) is 0 Å². The molecule has 1 aromatic heterocycles. The van der Waals surface area contributed by atoms with Crippen LogP contribution < -0.4 is 5.73 Å². The highest BCUT2D eigenvalue weighted by atomic mass is 32.1. The monoisotopic (exact) mass is 219 g/mol. The van der Waals surface area contributed by atoms with E-state index in [1.54, 1.807) is 0 Å². The largest absolute Gasteiger partial charge is 0.326 e. The molecule has 1 nitrogen and oxygen atoms in total. The van der Waals surface area contributed by atoms with Gasteiger partial charge in [0.2, 0.25) is 0 Å². The second-order valence-corrected chi connectivity index (χ2v) is 5.56. The third-order valence-electron chi connectivity index (χ3n) is 2.48. The van der Waals surface area contributed by atoms with Crippen LogP contribution in [0.2, 0.25) is 0 Å². The molecule has 0 aliphatic heterocycles. The molecule has 0 fully saturated rings. The van der Waals surface area contributed by atoms with E-state index in [0.29, 0.717) is 6.54 Å². The molecule has 0 aliphatic rings. The second-order valence-electron chi connectivity index (χ2n) is 4.39. The van der Waals surface area contributed by atoms with E-state index in [4.69, 9.17) is 5.73 Å². The lowest BCUT2D eigenvalue weighted by molar-refractivity contribution is 0.654. The average molecular weight is 219 g/mol. The molecule has 2 rings (SSSR count). The van der Waals surface area contributed by atoms with Gasteiger partial charge in [0.05, 0.1) is 0 Å². The summed E-state index contributed by atoms with van der Waals surface area (Å²) >= 11 is 1.90. The summed E-state index contributed by atoms with van der Waals surface area (Å²) in [5.41, 5.74) is 6.85. The fraction of sp³-hybridized carbons (Fsp3) is 0.385. The first-order chi connectivity index (χ1) is 7.19. The minimum Gasteiger partial charge on any atom is -0.326 e. The van der Waals surface area contributed by atoms with Crippen molar-refractivity contribution < 1.29 is 0 Å². The lowest BCUT2D eigenvalue weighted by Crippen LogP contribution is -1.94. The van der Waals surface area contributed by atoms with Crippen molar-refractivity contribution in [3.63, 3.8) is 0 Å². The van der Waals surface area contributed by atoms with E-state index >= 15 is 0 Å². The normalized spacial score (nSPS) is 11.5. The molecule has 0 saturated heterocycles. The van der Waals surface area contributed by atoms with Gasteiger partial charge in [-0.15, -0.1) is 11.3 Å². The van der Waals surface area contributed by atoms with Crippen LogP contribution in [-0.4, -0.2) is 0 Å². The first kappa shape index (κ1) is 10.7. The molecule has 2 heteroatoms. The maximum absolute atomic E-state index is 5.63. The Morgan fingerprint density at radius 3 is 2.73 bits per heavy atom. The Bertz CT molecular complexity index is 457. The van der Waals surface area contributed by atoms with Gasteiger partial charge in [0.25, 0.3) is 0 Å². The van der Waals surface area contributed by atoms with Crippen LogP contribution in [0.25, 0.3) is 10.1 Å². The maximum atomic E-state index is 5.63. The van der Waals surface area contributed by atoms with E-state index in [-0.39, 0.29) is 0 Å². The van der Waals surface area contributed by atoms with Crippen molar-refractivity contribution >= 4 is 21.4 Å². The van der Waals surface area contributed by atoms with Crippen LogP contribution in [-0.2, 0) is 13.0 Å². The van der Waals surface area contributed by atoms with E-state index < -0.39 is 0 Å². The molecule has 0 unspecified atom stereocenters. The number of thiophene rings is 1. The summed E-state index contributed by atoms with van der Waals surface area (Å²) in [6.07, 6.45) is 1.18. The molecule has 0 saturated carbocycles. The number of nitrogens with two attached hydrogens (primary N) is 1. The molecule has 2 aromatic rings. The molecule has 2 N–H and O–H groups in total. The summed E-state index contributed by atoms with van der Waals surface area (Å²) in [6, 6.07) is 8.82. The van der Waals surface area contributed by atoms with Crippen LogP contribution in [0.15, 0.2) is 24.3 Å². The highest BCUT2D eigenvalue weighted by Crippen LogP contribution is 2.28. The molecule has 0 amide bonds. The Kier molecular flexibility index (Phi) is 3.08. The van der Waals surface area contributed by atoms with Gasteiger partial charge in [-0.2, -0.15) is 0 Å². The molecule has 0 bridgehead atoms. The second kappa shape index (κ2) is 4.33. The van der Waals surface area contributed by atoms with Gasteiger partial charge in [0.1, 0.15) is 0 Å². The predicted molar refractivity (Wildman–Crippen MR) is 68.3 cm³/mol. The van der Waals surface area contributed by atoms with Gasteiger partial charge in [-0.25, -0.2) is 0 Å². The molecular formula is C13H17NS. The van der Waals surface area contributed by atoms with Crippen LogP contribution in [0, 0.1) is 5.92 Å². The van der Waals surface area contributed by atoms with E-state index in [1.807, 2.05) is 11.3 Å². The zero-order valence-corrected chi connectivity index (χ0v) is 10.1. The van der Waals surface area contributed by atoms with Gasteiger partial charge in [0, 0.05) is 16.1 Å². The Balaban J connectivity index is 2.37. The van der Waals surface area contributed by atoms with Gasteiger partial charge in [0.15, 0.2) is 0 Å². The fourth-order valence-electron chi connectivity index (χ4n) is 1.78. The van der Waals surface area contributed by atoms with Gasteiger partial charge >= 0.3 is 0 Å². The Morgan fingerprint density at radius 1 is 1.27 bits per heavy atom. The average Bonchev–Trinajstić information content (AvgIpc) is 2.57. The quantitative estimate of drug-likeness (QED) is 0.839. The van der Waals surface area contributed by atoms with E-state index in [1.165, 1.54) is 26.9 Å². The Hall–Kier alpha value is -0.860. The van der Waals surface area contributed by atoms with Crippen molar-refractivity contribution in [1.29, 1.82) is 0 Å². The topological polar surface area (TPSA) is 26.0 Å². The maximum Gasteiger partial charge on any atom is 0.0345 e. The summed E-state index contributed by atoms with van der Waals surface area (Å²) in [5, 5.41) is 1.35. The number of hydrogen-bond donors (Lipinski definition) is 1. The number of fused-ring (bicyclic) bond motifs is 1. The van der Waals surface area contributed by atoms with Crippen molar-refractivity contribution in [2.24, 2.45) is 11.7 Å². The molecule has 0 spiro atoms. The predicted octanol–water partition coefficient (Wildman–Crippen LogP) is 3.56. The molecule has 0 atom stereocenters. The standard InChI is InChI=1S/C13H17NS/c1-9(2)5-12-7-11-6-10(8-14)3-4-13(11)15-12/h3-4,6-7,9H,5,8,14H2,1-2H3. The summed E-state index contributed by atoms with van der Waals surface area (Å²) in [7, 11) is 0. The van der Waals surface area contributed by atoms with Crippen LogP contribution in [0.3, 0.4) is 0 Å². The van der Waals surface area contributed by atoms with Crippen molar-refractivity contribution in [2.75, 3.05) is 0 Å². The molecule has 1 aromatic carbocycles. The van der Waals surface area contributed by atoms with Gasteiger partial charge in [-0.3, -0.25) is 0 Å². The van der Waals surface area contributed by atoms with E-state index in [2.05, 4.69) is 38.1 Å². The number of benzene rings is 1. The van der Waals surface area contributed by atoms with Gasteiger partial charge in [-0.1, -0.05) is 19.9 Å². The van der Waals surface area contributed by atoms with Crippen molar-refractivity contribution in [3.05, 3.63) is 34.7 Å². The van der Waals surface area contributed by atoms with Gasteiger partial charge in [-0.05, 0) is 41.5 Å². The highest BCUT2D eigenvalue weighted by molar-refractivity contribution is 7.19. The van der Waals surface area contributed by atoms with Crippen LogP contribution in [0.5, 0.6) is 0 Å². The molecular weight excluding hydrogens is 202 g/mol. The molecule has 0 aliphatic carbocycles. The van der Waals surface area contributed by atoms with Crippen molar-refractivity contribution in [1.82, 2.24) is 0 Å². The van der Waals surface area contributed by atoms with E-state index in [9.17, 15) is 0 Å². The lowest BCUT2D eigenvalue weighted by Gasteiger charge is -1.98. The molecule has 15 heavy (non-hydrogen) atoms. The Morgan fingerprint density at radius 2 is 2.07 bits per heavy atom. The zero-order chi connectivity index (χ0) is 10.8. The number of hydrogen-bond acceptors (Lipinski definition) is 2. The minimum atomic E-state index is 0.630. The summed E-state index contributed by atoms with van der Waals surface area (Å²) in [5.74, 6) is 0.729. The minimum absolute atomic E-state index is 0.630. The fourth-order valence-corrected chi connectivity index (χ4v) is 3.03. The SMILES string of the molecule is CC(C)Cc1cc2cc(CN)ccc2s1. The lowest BCUT2D eigenvalue weighted by atomic mass is 10.1. The summed E-state index contributed by atoms with van der Waals surface area (Å²) in [4.78, 5) is 1.48. The smallest absolute Gasteiger partial charge is 0.0345 e. The van der Waals surface area contributed by atoms with Crippen LogP contribution in [0.1, 0.15) is 24.3 Å². The Labute approximate surface area is 94.9 Å². The van der Waals surface area contributed by atoms with Crippen molar-refractivity contribution in [2.45, 2.75) is 26.8 Å². The third kappa shape index (κ3) is 2.39. The van der Waals surface area contributed by atoms with E-state index in [0.717, 1.165) is 5.92 Å². The number of rotatable bonds is 3. The first-order valence-electron chi connectivity index (χ1n) is 5.40. The highest BCUT2D eigenvalue weighted by Gasteiger charge is 2.04. The molecule has 0 radical (unpaired) electrons. The third-order valence-corrected chi connectivity index (χ3v) is 3.62. The summed E-state index contributed by atoms with van der Waals surface area (Å²) in [6.45, 7) is 5.15. The first-order valence-corrected chi connectivity index (χ1v) is 6.22. The van der Waals surface area contributed by atoms with Gasteiger partial charge < -0.3 is 5.73 Å². The molecule has 80 valence electrons. The van der Waals surface area contributed by atoms with Crippen LogP contribution >= 0.6 is 11.3 Å².